The molecule has 17 rings (SSSR count). The number of nitrogens with zero attached hydrogens (tertiary/aromatic N) is 4. The molecule has 0 amide bonds. The molecule has 2 aliphatic carbocycles. The van der Waals surface area contributed by atoms with Gasteiger partial charge in [0.15, 0.2) is 11.6 Å². The average Bonchev–Trinajstić information content (AvgIpc) is 1.58. The minimum atomic E-state index is -0.0323. The van der Waals surface area contributed by atoms with Crippen molar-refractivity contribution in [3.63, 3.8) is 0 Å². The Hall–Kier alpha value is -11.5. The van der Waals surface area contributed by atoms with Crippen molar-refractivity contribution in [2.45, 2.75) is 38.5 Å². The van der Waals surface area contributed by atoms with E-state index in [1.807, 2.05) is 24.3 Å². The largest absolute Gasteiger partial charge is 0.228 e. The van der Waals surface area contributed by atoms with Gasteiger partial charge in [0.1, 0.15) is 0 Å². The van der Waals surface area contributed by atoms with E-state index >= 15 is 0 Å². The molecule has 2 heterocycles. The van der Waals surface area contributed by atoms with Gasteiger partial charge in [-0.3, -0.25) is 0 Å². The maximum absolute atomic E-state index is 5.23. The molecule has 0 aliphatic heterocycles. The summed E-state index contributed by atoms with van der Waals surface area (Å²) < 4.78 is 0. The van der Waals surface area contributed by atoms with Crippen LogP contribution in [0.4, 0.5) is 0 Å². The predicted molar refractivity (Wildman–Crippen MR) is 383 cm³/mol. The Balaban J connectivity index is 0.000000148. The molecule has 436 valence electrons. The summed E-state index contributed by atoms with van der Waals surface area (Å²) >= 11 is 0. The van der Waals surface area contributed by atoms with Gasteiger partial charge in [0.05, 0.1) is 22.4 Å². The van der Waals surface area contributed by atoms with Crippen LogP contribution < -0.4 is 0 Å². The first-order chi connectivity index (χ1) is 45.1. The van der Waals surface area contributed by atoms with Gasteiger partial charge in [0.25, 0.3) is 0 Å². The maximum atomic E-state index is 5.23. The molecule has 0 radical (unpaired) electrons. The van der Waals surface area contributed by atoms with Crippen molar-refractivity contribution in [2.75, 3.05) is 0 Å². The summed E-state index contributed by atoms with van der Waals surface area (Å²) in [5, 5.41) is 2.10. The van der Waals surface area contributed by atoms with Crippen molar-refractivity contribution in [1.29, 1.82) is 0 Å². The second-order valence-corrected chi connectivity index (χ2v) is 25.3. The van der Waals surface area contributed by atoms with E-state index in [0.29, 0.717) is 0 Å². The fraction of sp³-hybridized carbons (Fsp3) is 0.0682. The first-order valence-corrected chi connectivity index (χ1v) is 31.8. The molecule has 2 aliphatic rings. The van der Waals surface area contributed by atoms with Crippen LogP contribution in [0.3, 0.4) is 0 Å². The molecular formula is C88H64N4. The number of hydrogen-bond donors (Lipinski definition) is 0. The highest BCUT2D eigenvalue weighted by Crippen LogP contribution is 2.51. The highest BCUT2D eigenvalue weighted by molar-refractivity contribution is 5.96. The lowest BCUT2D eigenvalue weighted by Crippen LogP contribution is -2.14. The molecule has 0 spiro atoms. The molecule has 0 saturated carbocycles. The Morgan fingerprint density at radius 1 is 0.196 bits per heavy atom. The first kappa shape index (κ1) is 55.8. The summed E-state index contributed by atoms with van der Waals surface area (Å²) in [6, 6.07) is 113. The summed E-state index contributed by atoms with van der Waals surface area (Å²) in [6.07, 6.45) is 0. The molecular weight excluding hydrogens is 1110 g/mol. The lowest BCUT2D eigenvalue weighted by molar-refractivity contribution is 0.660. The SMILES string of the molecule is CC1(C)c2ccccc2-c2ccc(-c3cccc(-c4ccc(-c5nc(-c6ccccc6)c6ccccc6n5)cc4)c3)cc21.CC1(C)c2ccccc2-c2ccc(-c3cccc(-c4cccc(-c5nc(-c6cccc(-c7ccccc7)c6)c6ccccc6n5)c4)c3)cc21. The Labute approximate surface area is 538 Å². The average molecular weight is 1180 g/mol. The van der Waals surface area contributed by atoms with Crippen molar-refractivity contribution in [2.24, 2.45) is 0 Å². The molecule has 0 fully saturated rings. The van der Waals surface area contributed by atoms with Crippen molar-refractivity contribution in [3.05, 3.63) is 338 Å². The van der Waals surface area contributed by atoms with Gasteiger partial charge in [-0.25, -0.2) is 19.9 Å². The van der Waals surface area contributed by atoms with Crippen LogP contribution in [-0.4, -0.2) is 19.9 Å². The number of para-hydroxylation sites is 2. The number of fused-ring (bicyclic) bond motifs is 8. The fourth-order valence-electron chi connectivity index (χ4n) is 14.1. The second-order valence-electron chi connectivity index (χ2n) is 25.3. The van der Waals surface area contributed by atoms with Crippen LogP contribution in [0.1, 0.15) is 49.9 Å². The molecule has 4 nitrogen and oxygen atoms in total. The quantitative estimate of drug-likeness (QED) is 0.145. The topological polar surface area (TPSA) is 51.6 Å². The Morgan fingerprint density at radius 3 is 1.00 bits per heavy atom. The van der Waals surface area contributed by atoms with Crippen LogP contribution in [0.25, 0.3) is 145 Å². The molecule has 0 N–H and O–H groups in total. The zero-order valence-corrected chi connectivity index (χ0v) is 51.8. The van der Waals surface area contributed by atoms with Crippen molar-refractivity contribution in [1.82, 2.24) is 19.9 Å². The standard InChI is InChI=1S/C47H34N2.C41H30N2/c1-47(2)42-23-8-6-21-39(42)40-26-25-36(30-43(40)47)34-17-10-16-33(27-34)35-18-12-20-38(29-35)46-48-44-24-9-7-22-41(44)45(49-46)37-19-11-15-32(28-37)31-13-4-3-5-14-31;1-41(2)36-17-8-6-15-33(36)34-24-23-32(26-37(34)41)31-14-10-13-30(25-31)27-19-21-29(22-20-27)40-42-38-18-9-7-16-35(38)39(43-40)28-11-4-3-5-12-28/h3-30H,1-2H3;3-26H,1-2H3. The first-order valence-electron chi connectivity index (χ1n) is 31.8. The highest BCUT2D eigenvalue weighted by atomic mass is 14.9. The smallest absolute Gasteiger partial charge is 0.160 e. The summed E-state index contributed by atoms with van der Waals surface area (Å²) in [5.41, 5.74) is 30.8. The van der Waals surface area contributed by atoms with Crippen LogP contribution >= 0.6 is 0 Å². The minimum Gasteiger partial charge on any atom is -0.228 e. The van der Waals surface area contributed by atoms with Gasteiger partial charge < -0.3 is 0 Å². The van der Waals surface area contributed by atoms with Gasteiger partial charge >= 0.3 is 0 Å². The normalized spacial score (nSPS) is 13.0. The van der Waals surface area contributed by atoms with Crippen LogP contribution in [0.5, 0.6) is 0 Å². The minimum absolute atomic E-state index is 0.0133. The summed E-state index contributed by atoms with van der Waals surface area (Å²) in [6.45, 7) is 9.34. The van der Waals surface area contributed by atoms with Gasteiger partial charge in [-0.2, -0.15) is 0 Å². The Bertz CT molecular complexity index is 5330. The number of aromatic nitrogens is 4. The van der Waals surface area contributed by atoms with E-state index in [1.54, 1.807) is 0 Å². The Morgan fingerprint density at radius 2 is 0.500 bits per heavy atom. The maximum Gasteiger partial charge on any atom is 0.160 e. The molecule has 92 heavy (non-hydrogen) atoms. The third kappa shape index (κ3) is 10.1. The summed E-state index contributed by atoms with van der Waals surface area (Å²) in [5.74, 6) is 1.46. The number of benzene rings is 13. The van der Waals surface area contributed by atoms with Gasteiger partial charge in [-0.05, 0) is 149 Å². The van der Waals surface area contributed by atoms with Gasteiger partial charge in [-0.1, -0.05) is 295 Å². The second kappa shape index (κ2) is 22.8. The predicted octanol–water partition coefficient (Wildman–Crippen LogP) is 22.9. The lowest BCUT2D eigenvalue weighted by Gasteiger charge is -2.22. The van der Waals surface area contributed by atoms with E-state index in [4.69, 9.17) is 19.9 Å². The molecule has 4 heteroatoms. The van der Waals surface area contributed by atoms with Gasteiger partial charge in [-0.15, -0.1) is 0 Å². The third-order valence-electron chi connectivity index (χ3n) is 19.0. The fourth-order valence-corrected chi connectivity index (χ4v) is 14.1. The van der Waals surface area contributed by atoms with Crippen LogP contribution in [0.2, 0.25) is 0 Å². The van der Waals surface area contributed by atoms with Crippen molar-refractivity contribution >= 4 is 21.8 Å². The number of hydrogen-bond acceptors (Lipinski definition) is 4. The molecule has 0 unspecified atom stereocenters. The zero-order chi connectivity index (χ0) is 61.9. The molecule has 0 bridgehead atoms. The summed E-state index contributed by atoms with van der Waals surface area (Å²) in [7, 11) is 0. The molecule has 15 aromatic rings. The molecule has 0 atom stereocenters. The Kier molecular flexibility index (Phi) is 13.9. The lowest BCUT2D eigenvalue weighted by atomic mass is 9.81. The third-order valence-corrected chi connectivity index (χ3v) is 19.0. The molecule has 0 saturated heterocycles. The van der Waals surface area contributed by atoms with Crippen LogP contribution in [-0.2, 0) is 10.8 Å². The van der Waals surface area contributed by atoms with E-state index < -0.39 is 0 Å². The van der Waals surface area contributed by atoms with E-state index in [1.165, 1.54) is 94.6 Å². The molecule has 2 aromatic heterocycles. The van der Waals surface area contributed by atoms with Crippen LogP contribution in [0, 0.1) is 0 Å². The summed E-state index contributed by atoms with van der Waals surface area (Å²) in [4.78, 5) is 20.3. The van der Waals surface area contributed by atoms with Gasteiger partial charge in [0.2, 0.25) is 0 Å². The molecule has 13 aromatic carbocycles. The van der Waals surface area contributed by atoms with E-state index in [0.717, 1.165) is 72.7 Å². The zero-order valence-electron chi connectivity index (χ0n) is 51.8. The van der Waals surface area contributed by atoms with E-state index in [2.05, 4.69) is 319 Å². The van der Waals surface area contributed by atoms with E-state index in [-0.39, 0.29) is 10.8 Å². The van der Waals surface area contributed by atoms with E-state index in [9.17, 15) is 0 Å². The van der Waals surface area contributed by atoms with Crippen LogP contribution in [0.15, 0.2) is 315 Å². The van der Waals surface area contributed by atoms with Crippen molar-refractivity contribution < 1.29 is 0 Å². The monoisotopic (exact) mass is 1180 g/mol. The number of rotatable bonds is 9. The van der Waals surface area contributed by atoms with Gasteiger partial charge in [0, 0.05) is 43.9 Å². The van der Waals surface area contributed by atoms with Crippen molar-refractivity contribution in [3.8, 4) is 123 Å². The highest BCUT2D eigenvalue weighted by Gasteiger charge is 2.36.